The molecule has 100 valence electrons. The Balaban J connectivity index is 2.21. The highest BCUT2D eigenvalue weighted by Gasteiger charge is 2.34. The van der Waals surface area contributed by atoms with Gasteiger partial charge in [-0.05, 0) is 33.8 Å². The Labute approximate surface area is 109 Å². The number of carbonyl (C=O) groups is 1. The van der Waals surface area contributed by atoms with Crippen LogP contribution in [0.3, 0.4) is 0 Å². The second-order valence-corrected chi connectivity index (χ2v) is 5.53. The van der Waals surface area contributed by atoms with Gasteiger partial charge >= 0.3 is 0 Å². The maximum Gasteiger partial charge on any atom is 0.138 e. The molecule has 0 aliphatic carbocycles. The average molecular weight is 249 g/mol. The second-order valence-electron chi connectivity index (χ2n) is 5.53. The molecule has 2 rings (SSSR count). The van der Waals surface area contributed by atoms with Crippen LogP contribution in [0.5, 0.6) is 0 Å². The van der Waals surface area contributed by atoms with Gasteiger partial charge in [0.25, 0.3) is 0 Å². The third-order valence-corrected chi connectivity index (χ3v) is 4.40. The quantitative estimate of drug-likeness (QED) is 0.806. The smallest absolute Gasteiger partial charge is 0.138 e. The Hall–Kier alpha value is -1.09. The number of aryl methyl sites for hydroxylation is 2. The number of Topliss-reactive ketones (excluding diaryl/α,β-unsaturated/α-hetero) is 1. The predicted molar refractivity (Wildman–Crippen MR) is 71.6 cm³/mol. The number of hydrogen-bond donors (Lipinski definition) is 0. The van der Waals surface area contributed by atoms with Crippen LogP contribution in [0.2, 0.25) is 0 Å². The minimum Gasteiger partial charge on any atom is -0.466 e. The summed E-state index contributed by atoms with van der Waals surface area (Å²) in [6, 6.07) is 2.73. The molecule has 0 bridgehead atoms. The zero-order chi connectivity index (χ0) is 13.4. The van der Waals surface area contributed by atoms with Crippen molar-refractivity contribution in [1.29, 1.82) is 0 Å². The van der Waals surface area contributed by atoms with Crippen molar-refractivity contribution in [2.45, 2.75) is 53.1 Å². The van der Waals surface area contributed by atoms with Crippen LogP contribution < -0.4 is 0 Å². The van der Waals surface area contributed by atoms with Crippen LogP contribution in [0.15, 0.2) is 10.5 Å². The van der Waals surface area contributed by atoms with Crippen LogP contribution in [-0.2, 0) is 4.79 Å². The zero-order valence-electron chi connectivity index (χ0n) is 12.0. The Bertz CT molecular complexity index is 449. The first-order chi connectivity index (χ1) is 8.41. The molecule has 0 aromatic carbocycles. The third-order valence-electron chi connectivity index (χ3n) is 4.40. The number of nitrogens with zero attached hydrogens (tertiary/aromatic N) is 1. The molecule has 1 aliphatic rings. The van der Waals surface area contributed by atoms with Gasteiger partial charge in [0.15, 0.2) is 0 Å². The number of ketones is 1. The first-order valence-corrected chi connectivity index (χ1v) is 6.77. The summed E-state index contributed by atoms with van der Waals surface area (Å²) in [4.78, 5) is 14.2. The monoisotopic (exact) mass is 249 g/mol. The van der Waals surface area contributed by atoms with Gasteiger partial charge in [-0.15, -0.1) is 0 Å². The van der Waals surface area contributed by atoms with Crippen molar-refractivity contribution >= 4 is 5.78 Å². The number of rotatable bonds is 2. The molecule has 1 aliphatic heterocycles. The Morgan fingerprint density at radius 2 is 2.06 bits per heavy atom. The molecule has 3 heteroatoms. The van der Waals surface area contributed by atoms with E-state index in [2.05, 4.69) is 24.8 Å². The van der Waals surface area contributed by atoms with Crippen molar-refractivity contribution in [1.82, 2.24) is 4.90 Å². The minimum absolute atomic E-state index is 0.134. The Kier molecular flexibility index (Phi) is 3.62. The number of carbonyl (C=O) groups excluding carboxylic acids is 1. The van der Waals surface area contributed by atoms with E-state index >= 15 is 0 Å². The number of likely N-dealkylation sites (tertiary alicyclic amines) is 1. The highest BCUT2D eigenvalue weighted by Crippen LogP contribution is 2.32. The van der Waals surface area contributed by atoms with Crippen molar-refractivity contribution in [3.05, 3.63) is 23.2 Å². The van der Waals surface area contributed by atoms with E-state index < -0.39 is 0 Å². The maximum absolute atomic E-state index is 11.7. The summed E-state index contributed by atoms with van der Waals surface area (Å²) in [5, 5.41) is 0. The van der Waals surface area contributed by atoms with Gasteiger partial charge in [0.1, 0.15) is 17.3 Å². The predicted octanol–water partition coefficient (Wildman–Crippen LogP) is 3.26. The van der Waals surface area contributed by atoms with Crippen LogP contribution in [0.25, 0.3) is 0 Å². The first-order valence-electron chi connectivity index (χ1n) is 6.77. The highest BCUT2D eigenvalue weighted by molar-refractivity contribution is 5.82. The summed E-state index contributed by atoms with van der Waals surface area (Å²) in [6.45, 7) is 11.3. The molecule has 0 spiro atoms. The second kappa shape index (κ2) is 4.88. The number of piperidine rings is 1. The van der Waals surface area contributed by atoms with Gasteiger partial charge in [0.05, 0.1) is 0 Å². The molecule has 3 unspecified atom stereocenters. The fourth-order valence-electron chi connectivity index (χ4n) is 3.02. The lowest BCUT2D eigenvalue weighted by molar-refractivity contribution is -0.128. The number of hydrogen-bond acceptors (Lipinski definition) is 3. The molecule has 0 radical (unpaired) electrons. The van der Waals surface area contributed by atoms with E-state index in [-0.39, 0.29) is 5.92 Å². The molecule has 3 nitrogen and oxygen atoms in total. The standard InChI is InChI=1S/C15H23NO2/c1-9-8-14(13(5)18-9)12(4)16-7-6-15(17)10(2)11(16)3/h8,10-12H,6-7H2,1-5H3. The van der Waals surface area contributed by atoms with Gasteiger partial charge in [-0.3, -0.25) is 9.69 Å². The lowest BCUT2D eigenvalue weighted by Gasteiger charge is -2.40. The summed E-state index contributed by atoms with van der Waals surface area (Å²) in [5.41, 5.74) is 1.25. The van der Waals surface area contributed by atoms with E-state index in [9.17, 15) is 4.79 Å². The molecule has 1 aromatic rings. The molecule has 0 saturated carbocycles. The first kappa shape index (κ1) is 13.3. The molecule has 1 fully saturated rings. The lowest BCUT2D eigenvalue weighted by atomic mass is 9.88. The molecule has 1 aromatic heterocycles. The van der Waals surface area contributed by atoms with Gasteiger partial charge in [-0.2, -0.15) is 0 Å². The number of furan rings is 1. The molecular formula is C15H23NO2. The van der Waals surface area contributed by atoms with E-state index in [4.69, 9.17) is 4.42 Å². The van der Waals surface area contributed by atoms with Crippen molar-refractivity contribution in [2.24, 2.45) is 5.92 Å². The Morgan fingerprint density at radius 3 is 2.61 bits per heavy atom. The molecule has 0 N–H and O–H groups in total. The van der Waals surface area contributed by atoms with Crippen LogP contribution in [0.4, 0.5) is 0 Å². The topological polar surface area (TPSA) is 33.5 Å². The summed E-state index contributed by atoms with van der Waals surface area (Å²) in [7, 11) is 0. The summed E-state index contributed by atoms with van der Waals surface area (Å²) in [6.07, 6.45) is 0.672. The van der Waals surface area contributed by atoms with Crippen molar-refractivity contribution < 1.29 is 9.21 Å². The Morgan fingerprint density at radius 1 is 1.39 bits per heavy atom. The van der Waals surface area contributed by atoms with E-state index in [1.54, 1.807) is 0 Å². The maximum atomic E-state index is 11.7. The van der Waals surface area contributed by atoms with Gasteiger partial charge in [-0.25, -0.2) is 0 Å². The van der Waals surface area contributed by atoms with Gasteiger partial charge in [0, 0.05) is 36.5 Å². The largest absolute Gasteiger partial charge is 0.466 e. The average Bonchev–Trinajstić information content (AvgIpc) is 2.65. The SMILES string of the molecule is Cc1cc(C(C)N2CCC(=O)C(C)C2C)c(C)o1. The molecule has 1 saturated heterocycles. The van der Waals surface area contributed by atoms with E-state index in [1.807, 2.05) is 20.8 Å². The lowest BCUT2D eigenvalue weighted by Crippen LogP contribution is -2.47. The van der Waals surface area contributed by atoms with E-state index in [0.717, 1.165) is 18.1 Å². The van der Waals surface area contributed by atoms with E-state index in [1.165, 1.54) is 5.56 Å². The van der Waals surface area contributed by atoms with Crippen molar-refractivity contribution in [3.8, 4) is 0 Å². The summed E-state index contributed by atoms with van der Waals surface area (Å²) >= 11 is 0. The fraction of sp³-hybridized carbons (Fsp3) is 0.667. The highest BCUT2D eigenvalue weighted by atomic mass is 16.3. The van der Waals surface area contributed by atoms with Crippen molar-refractivity contribution in [2.75, 3.05) is 6.54 Å². The third kappa shape index (κ3) is 2.24. The van der Waals surface area contributed by atoms with Gasteiger partial charge in [0.2, 0.25) is 0 Å². The molecule has 0 amide bonds. The van der Waals surface area contributed by atoms with Crippen LogP contribution in [0, 0.1) is 19.8 Å². The van der Waals surface area contributed by atoms with Crippen molar-refractivity contribution in [3.63, 3.8) is 0 Å². The summed E-state index contributed by atoms with van der Waals surface area (Å²) < 4.78 is 5.62. The molecule has 18 heavy (non-hydrogen) atoms. The van der Waals surface area contributed by atoms with Crippen LogP contribution in [-0.4, -0.2) is 23.3 Å². The van der Waals surface area contributed by atoms with Gasteiger partial charge < -0.3 is 4.42 Å². The zero-order valence-corrected chi connectivity index (χ0v) is 12.0. The van der Waals surface area contributed by atoms with Gasteiger partial charge in [-0.1, -0.05) is 6.92 Å². The molecule has 2 heterocycles. The van der Waals surface area contributed by atoms with Crippen LogP contribution in [0.1, 0.15) is 50.3 Å². The summed E-state index contributed by atoms with van der Waals surface area (Å²) in [5.74, 6) is 2.49. The van der Waals surface area contributed by atoms with E-state index in [0.29, 0.717) is 24.3 Å². The van der Waals surface area contributed by atoms with Crippen LogP contribution >= 0.6 is 0 Å². The molecule has 3 atom stereocenters. The normalized spacial score (nSPS) is 27.5. The fourth-order valence-corrected chi connectivity index (χ4v) is 3.02. The minimum atomic E-state index is 0.134. The molecular weight excluding hydrogens is 226 g/mol.